The van der Waals surface area contributed by atoms with Crippen molar-refractivity contribution in [3.05, 3.63) is 24.4 Å². The van der Waals surface area contributed by atoms with Crippen molar-refractivity contribution in [2.45, 2.75) is 19.9 Å². The number of rotatable bonds is 3. The molecule has 1 atom stereocenters. The average Bonchev–Trinajstić information content (AvgIpc) is 2.08. The van der Waals surface area contributed by atoms with E-state index in [2.05, 4.69) is 17.9 Å². The van der Waals surface area contributed by atoms with Gasteiger partial charge < -0.3 is 9.64 Å². The van der Waals surface area contributed by atoms with E-state index in [4.69, 9.17) is 4.74 Å². The lowest BCUT2D eigenvalue weighted by Crippen LogP contribution is -2.31. The standard InChI is InChI=1S/C10H15NO2/c1-9-5-3-4-6-11(9)7-8-13-10(2)12/h3-6,9H,7-8H2,1-2H3. The van der Waals surface area contributed by atoms with Crippen LogP contribution >= 0.6 is 0 Å². The molecule has 1 aliphatic heterocycles. The van der Waals surface area contributed by atoms with E-state index in [0.717, 1.165) is 6.54 Å². The Morgan fingerprint density at radius 1 is 1.54 bits per heavy atom. The molecule has 0 saturated heterocycles. The topological polar surface area (TPSA) is 29.5 Å². The van der Waals surface area contributed by atoms with Gasteiger partial charge in [-0.1, -0.05) is 12.2 Å². The summed E-state index contributed by atoms with van der Waals surface area (Å²) in [6.45, 7) is 4.74. The fraction of sp³-hybridized carbons (Fsp3) is 0.500. The van der Waals surface area contributed by atoms with Gasteiger partial charge in [0.15, 0.2) is 0 Å². The Hall–Kier alpha value is -1.25. The van der Waals surface area contributed by atoms with Gasteiger partial charge in [0.2, 0.25) is 0 Å². The van der Waals surface area contributed by atoms with Crippen molar-refractivity contribution in [3.63, 3.8) is 0 Å². The minimum Gasteiger partial charge on any atom is -0.464 e. The highest BCUT2D eigenvalue weighted by Crippen LogP contribution is 2.06. The number of carbonyl (C=O) groups excluding carboxylic acids is 1. The van der Waals surface area contributed by atoms with Crippen molar-refractivity contribution < 1.29 is 9.53 Å². The van der Waals surface area contributed by atoms with Gasteiger partial charge in [0.05, 0.1) is 6.54 Å². The molecule has 1 aliphatic rings. The summed E-state index contributed by atoms with van der Waals surface area (Å²) in [4.78, 5) is 12.6. The highest BCUT2D eigenvalue weighted by molar-refractivity contribution is 5.65. The maximum atomic E-state index is 10.5. The molecule has 0 aromatic rings. The van der Waals surface area contributed by atoms with E-state index in [0.29, 0.717) is 12.6 Å². The van der Waals surface area contributed by atoms with Crippen LogP contribution in [-0.4, -0.2) is 30.1 Å². The SMILES string of the molecule is CC(=O)OCCN1C=CC=CC1C. The first-order valence-corrected chi connectivity index (χ1v) is 4.44. The Labute approximate surface area is 78.7 Å². The van der Waals surface area contributed by atoms with E-state index >= 15 is 0 Å². The minimum atomic E-state index is -0.218. The van der Waals surface area contributed by atoms with Crippen LogP contribution in [0, 0.1) is 0 Å². The van der Waals surface area contributed by atoms with E-state index in [-0.39, 0.29) is 5.97 Å². The maximum absolute atomic E-state index is 10.5. The molecule has 0 N–H and O–H groups in total. The molecular weight excluding hydrogens is 166 g/mol. The molecule has 1 unspecified atom stereocenters. The number of nitrogens with zero attached hydrogens (tertiary/aromatic N) is 1. The first kappa shape index (κ1) is 9.84. The van der Waals surface area contributed by atoms with Gasteiger partial charge in [-0.25, -0.2) is 0 Å². The van der Waals surface area contributed by atoms with Crippen molar-refractivity contribution in [2.75, 3.05) is 13.2 Å². The van der Waals surface area contributed by atoms with Crippen LogP contribution in [0.5, 0.6) is 0 Å². The van der Waals surface area contributed by atoms with E-state index in [1.165, 1.54) is 6.92 Å². The zero-order valence-electron chi connectivity index (χ0n) is 8.06. The molecule has 72 valence electrons. The quantitative estimate of drug-likeness (QED) is 0.615. The molecule has 1 heterocycles. The minimum absolute atomic E-state index is 0.218. The predicted molar refractivity (Wildman–Crippen MR) is 51.1 cm³/mol. The van der Waals surface area contributed by atoms with Crippen LogP contribution in [0.3, 0.4) is 0 Å². The summed E-state index contributed by atoms with van der Waals surface area (Å²) in [5.41, 5.74) is 0. The fourth-order valence-corrected chi connectivity index (χ4v) is 1.20. The molecule has 0 fully saturated rings. The summed E-state index contributed by atoms with van der Waals surface area (Å²) in [5.74, 6) is -0.218. The van der Waals surface area contributed by atoms with E-state index < -0.39 is 0 Å². The number of allylic oxidation sites excluding steroid dienone is 2. The van der Waals surface area contributed by atoms with Crippen LogP contribution in [-0.2, 0) is 9.53 Å². The number of hydrogen-bond donors (Lipinski definition) is 0. The largest absolute Gasteiger partial charge is 0.464 e. The second-order valence-corrected chi connectivity index (χ2v) is 3.04. The predicted octanol–water partition coefficient (Wildman–Crippen LogP) is 1.32. The van der Waals surface area contributed by atoms with Crippen molar-refractivity contribution in [1.29, 1.82) is 0 Å². The van der Waals surface area contributed by atoms with Gasteiger partial charge in [-0.05, 0) is 19.2 Å². The molecule has 0 bridgehead atoms. The highest BCUT2D eigenvalue weighted by atomic mass is 16.5. The van der Waals surface area contributed by atoms with E-state index in [9.17, 15) is 4.79 Å². The summed E-state index contributed by atoms with van der Waals surface area (Å²) in [5, 5.41) is 0. The summed E-state index contributed by atoms with van der Waals surface area (Å²) in [6.07, 6.45) is 8.11. The molecule has 0 aromatic heterocycles. The molecule has 13 heavy (non-hydrogen) atoms. The molecular formula is C10H15NO2. The summed E-state index contributed by atoms with van der Waals surface area (Å²) in [7, 11) is 0. The van der Waals surface area contributed by atoms with Crippen LogP contribution in [0.25, 0.3) is 0 Å². The third-order valence-electron chi connectivity index (χ3n) is 1.96. The molecule has 0 radical (unpaired) electrons. The van der Waals surface area contributed by atoms with Crippen molar-refractivity contribution in [2.24, 2.45) is 0 Å². The van der Waals surface area contributed by atoms with Crippen LogP contribution in [0.4, 0.5) is 0 Å². The summed E-state index contributed by atoms with van der Waals surface area (Å²) in [6, 6.07) is 0.389. The molecule has 3 nitrogen and oxygen atoms in total. The maximum Gasteiger partial charge on any atom is 0.302 e. The molecule has 1 rings (SSSR count). The lowest BCUT2D eigenvalue weighted by molar-refractivity contribution is -0.141. The van der Waals surface area contributed by atoms with Gasteiger partial charge in [0.25, 0.3) is 0 Å². The van der Waals surface area contributed by atoms with Crippen molar-refractivity contribution in [1.82, 2.24) is 4.90 Å². The molecule has 0 amide bonds. The van der Waals surface area contributed by atoms with Crippen molar-refractivity contribution in [3.8, 4) is 0 Å². The summed E-state index contributed by atoms with van der Waals surface area (Å²) < 4.78 is 4.85. The average molecular weight is 181 g/mol. The van der Waals surface area contributed by atoms with Gasteiger partial charge in [-0.15, -0.1) is 0 Å². The second-order valence-electron chi connectivity index (χ2n) is 3.04. The van der Waals surface area contributed by atoms with Crippen LogP contribution in [0.2, 0.25) is 0 Å². The fourth-order valence-electron chi connectivity index (χ4n) is 1.20. The second kappa shape index (κ2) is 4.70. The summed E-state index contributed by atoms with van der Waals surface area (Å²) >= 11 is 0. The first-order chi connectivity index (χ1) is 6.20. The zero-order valence-corrected chi connectivity index (χ0v) is 8.06. The normalized spacial score (nSPS) is 20.5. The van der Waals surface area contributed by atoms with E-state index in [1.54, 1.807) is 0 Å². The molecule has 0 spiro atoms. The van der Waals surface area contributed by atoms with Gasteiger partial charge in [-0.3, -0.25) is 4.79 Å². The van der Waals surface area contributed by atoms with Gasteiger partial charge in [0.1, 0.15) is 6.61 Å². The van der Waals surface area contributed by atoms with Crippen LogP contribution < -0.4 is 0 Å². The smallest absolute Gasteiger partial charge is 0.302 e. The van der Waals surface area contributed by atoms with Crippen molar-refractivity contribution >= 4 is 5.97 Å². The Morgan fingerprint density at radius 3 is 2.92 bits per heavy atom. The highest BCUT2D eigenvalue weighted by Gasteiger charge is 2.08. The van der Waals surface area contributed by atoms with Crippen LogP contribution in [0.15, 0.2) is 24.4 Å². The number of hydrogen-bond acceptors (Lipinski definition) is 3. The van der Waals surface area contributed by atoms with E-state index in [1.807, 2.05) is 18.4 Å². The molecule has 0 saturated carbocycles. The van der Waals surface area contributed by atoms with Crippen LogP contribution in [0.1, 0.15) is 13.8 Å². The Balaban J connectivity index is 2.25. The lowest BCUT2D eigenvalue weighted by Gasteiger charge is -2.26. The molecule has 0 aromatic carbocycles. The van der Waals surface area contributed by atoms with Gasteiger partial charge in [0, 0.05) is 13.0 Å². The molecule has 0 aliphatic carbocycles. The Morgan fingerprint density at radius 2 is 2.31 bits per heavy atom. The Bertz CT molecular complexity index is 233. The lowest BCUT2D eigenvalue weighted by atomic mass is 10.2. The van der Waals surface area contributed by atoms with Gasteiger partial charge in [-0.2, -0.15) is 0 Å². The monoisotopic (exact) mass is 181 g/mol. The first-order valence-electron chi connectivity index (χ1n) is 4.44. The van der Waals surface area contributed by atoms with Gasteiger partial charge >= 0.3 is 5.97 Å². The Kier molecular flexibility index (Phi) is 3.55. The third kappa shape index (κ3) is 3.32. The molecule has 3 heteroatoms. The number of esters is 1. The zero-order chi connectivity index (χ0) is 9.68. The third-order valence-corrected chi connectivity index (χ3v) is 1.96. The number of carbonyl (C=O) groups is 1. The number of ether oxygens (including phenoxy) is 1.